The van der Waals surface area contributed by atoms with Gasteiger partial charge in [0.05, 0.1) is 45.2 Å². The lowest BCUT2D eigenvalue weighted by atomic mass is 10.1. The first-order chi connectivity index (χ1) is 17.5. The fraction of sp³-hybridized carbons (Fsp3) is 0.500. The summed E-state index contributed by atoms with van der Waals surface area (Å²) in [7, 11) is 3.96. The predicted molar refractivity (Wildman–Crippen MR) is 127 cm³/mol. The van der Waals surface area contributed by atoms with Gasteiger partial charge in [0.2, 0.25) is 5.69 Å². The second kappa shape index (κ2) is 11.2. The van der Waals surface area contributed by atoms with Crippen molar-refractivity contribution < 1.29 is 33.3 Å². The molecule has 2 aliphatic heterocycles. The molecular weight excluding hydrogens is 470 g/mol. The molecule has 1 fully saturated rings. The molecule has 0 bridgehead atoms. The highest BCUT2D eigenvalue weighted by Gasteiger charge is 2.32. The minimum Gasteiger partial charge on any atom is -0.493 e. The van der Waals surface area contributed by atoms with Crippen LogP contribution in [0.1, 0.15) is 63.4 Å². The van der Waals surface area contributed by atoms with E-state index in [1.54, 1.807) is 12.1 Å². The van der Waals surface area contributed by atoms with Crippen molar-refractivity contribution >= 4 is 29.7 Å². The summed E-state index contributed by atoms with van der Waals surface area (Å²) in [6, 6.07) is 3.48. The topological polar surface area (TPSA) is 134 Å². The summed E-state index contributed by atoms with van der Waals surface area (Å²) < 4.78 is 22.2. The van der Waals surface area contributed by atoms with Gasteiger partial charge in [-0.25, -0.2) is 14.3 Å². The molecule has 2 aliphatic rings. The van der Waals surface area contributed by atoms with Crippen LogP contribution < -0.4 is 9.47 Å². The number of nitrogens with zero attached hydrogens (tertiary/aromatic N) is 5. The standard InChI is InChI=1S/C24H29N5O7/c1-33-18-12-16-17(25-14-15-8-7-9-28(15)22(16)30)13-19(18)36-11-6-4-5-10-29-21(24(32)35-3)20(26-27-29)23(31)34-2/h12-15H,4-11H2,1-3H3/t15-/m0/s1. The molecule has 1 aromatic carbocycles. The zero-order valence-corrected chi connectivity index (χ0v) is 20.6. The third-order valence-corrected chi connectivity index (χ3v) is 6.22. The normalized spacial score (nSPS) is 16.2. The summed E-state index contributed by atoms with van der Waals surface area (Å²) in [6.45, 7) is 1.51. The van der Waals surface area contributed by atoms with E-state index in [0.29, 0.717) is 48.7 Å². The number of methoxy groups -OCH3 is 3. The van der Waals surface area contributed by atoms with E-state index in [0.717, 1.165) is 25.8 Å². The van der Waals surface area contributed by atoms with Crippen LogP contribution in [0.5, 0.6) is 11.5 Å². The summed E-state index contributed by atoms with van der Waals surface area (Å²) >= 11 is 0. The van der Waals surface area contributed by atoms with Crippen LogP contribution in [-0.2, 0) is 16.0 Å². The molecule has 0 unspecified atom stereocenters. The number of benzene rings is 1. The van der Waals surface area contributed by atoms with E-state index < -0.39 is 11.9 Å². The molecule has 0 radical (unpaired) electrons. The number of esters is 2. The third-order valence-electron chi connectivity index (χ3n) is 6.22. The zero-order valence-electron chi connectivity index (χ0n) is 20.6. The highest BCUT2D eigenvalue weighted by Crippen LogP contribution is 2.38. The molecule has 2 aromatic rings. The number of amides is 1. The number of hydrogen-bond donors (Lipinski definition) is 0. The fourth-order valence-corrected chi connectivity index (χ4v) is 4.35. The molecule has 1 saturated heterocycles. The van der Waals surface area contributed by atoms with Crippen LogP contribution in [0.25, 0.3) is 0 Å². The van der Waals surface area contributed by atoms with Gasteiger partial charge in [-0.3, -0.25) is 9.79 Å². The van der Waals surface area contributed by atoms with E-state index in [-0.39, 0.29) is 23.3 Å². The highest BCUT2D eigenvalue weighted by atomic mass is 16.5. The average molecular weight is 500 g/mol. The molecule has 0 aliphatic carbocycles. The molecular formula is C24H29N5O7. The lowest BCUT2D eigenvalue weighted by Gasteiger charge is -2.20. The van der Waals surface area contributed by atoms with Crippen LogP contribution in [0, 0.1) is 0 Å². The summed E-state index contributed by atoms with van der Waals surface area (Å²) in [5.41, 5.74) is 0.879. The molecule has 0 N–H and O–H groups in total. The van der Waals surface area contributed by atoms with Crippen molar-refractivity contribution in [2.45, 2.75) is 44.7 Å². The van der Waals surface area contributed by atoms with Gasteiger partial charge < -0.3 is 23.8 Å². The second-order valence-corrected chi connectivity index (χ2v) is 8.41. The first kappa shape index (κ1) is 25.1. The molecule has 3 heterocycles. The molecule has 1 amide bonds. The molecule has 192 valence electrons. The molecule has 12 nitrogen and oxygen atoms in total. The number of rotatable bonds is 10. The minimum absolute atomic E-state index is 0.0358. The van der Waals surface area contributed by atoms with Gasteiger partial charge in [-0.2, -0.15) is 0 Å². The molecule has 1 aromatic heterocycles. The van der Waals surface area contributed by atoms with Crippen LogP contribution in [0.3, 0.4) is 0 Å². The first-order valence-electron chi connectivity index (χ1n) is 11.8. The Kier molecular flexibility index (Phi) is 7.81. The van der Waals surface area contributed by atoms with Crippen LogP contribution in [0.2, 0.25) is 0 Å². The molecule has 12 heteroatoms. The van der Waals surface area contributed by atoms with Crippen molar-refractivity contribution in [2.75, 3.05) is 34.5 Å². The van der Waals surface area contributed by atoms with E-state index in [4.69, 9.17) is 14.2 Å². The Hall–Kier alpha value is -3.96. The van der Waals surface area contributed by atoms with E-state index in [1.807, 2.05) is 11.1 Å². The smallest absolute Gasteiger partial charge is 0.361 e. The highest BCUT2D eigenvalue weighted by molar-refractivity contribution is 6.03. The quantitative estimate of drug-likeness (QED) is 0.357. The summed E-state index contributed by atoms with van der Waals surface area (Å²) in [5.74, 6) is -0.493. The van der Waals surface area contributed by atoms with Crippen LogP contribution in [-0.4, -0.2) is 84.5 Å². The Morgan fingerprint density at radius 1 is 1.06 bits per heavy atom. The second-order valence-electron chi connectivity index (χ2n) is 8.41. The number of aliphatic imine (C=N–C) groups is 1. The Bertz CT molecular complexity index is 1180. The summed E-state index contributed by atoms with van der Waals surface area (Å²) in [6.07, 6.45) is 5.87. The fourth-order valence-electron chi connectivity index (χ4n) is 4.35. The maximum absolute atomic E-state index is 13.0. The summed E-state index contributed by atoms with van der Waals surface area (Å²) in [4.78, 5) is 43.3. The third kappa shape index (κ3) is 5.02. The van der Waals surface area contributed by atoms with Crippen molar-refractivity contribution in [1.82, 2.24) is 19.9 Å². The number of carbonyl (C=O) groups excluding carboxylic acids is 3. The van der Waals surface area contributed by atoms with Crippen molar-refractivity contribution in [1.29, 1.82) is 0 Å². The molecule has 36 heavy (non-hydrogen) atoms. The number of aryl methyl sites for hydroxylation is 1. The number of aromatic nitrogens is 3. The molecule has 0 spiro atoms. The van der Waals surface area contributed by atoms with Gasteiger partial charge in [-0.05, 0) is 38.2 Å². The number of hydrogen-bond acceptors (Lipinski definition) is 10. The lowest BCUT2D eigenvalue weighted by Crippen LogP contribution is -2.35. The maximum Gasteiger partial charge on any atom is 0.361 e. The van der Waals surface area contributed by atoms with Gasteiger partial charge >= 0.3 is 11.9 Å². The van der Waals surface area contributed by atoms with Crippen LogP contribution in [0.4, 0.5) is 5.69 Å². The van der Waals surface area contributed by atoms with Gasteiger partial charge in [-0.1, -0.05) is 5.21 Å². The van der Waals surface area contributed by atoms with Gasteiger partial charge in [0.15, 0.2) is 17.2 Å². The Morgan fingerprint density at radius 2 is 1.86 bits per heavy atom. The van der Waals surface area contributed by atoms with Gasteiger partial charge in [0, 0.05) is 25.4 Å². The minimum atomic E-state index is -0.754. The lowest BCUT2D eigenvalue weighted by molar-refractivity contribution is 0.0543. The van der Waals surface area contributed by atoms with Gasteiger partial charge in [-0.15, -0.1) is 5.10 Å². The van der Waals surface area contributed by atoms with Crippen molar-refractivity contribution in [3.05, 3.63) is 29.1 Å². The van der Waals surface area contributed by atoms with Crippen LogP contribution in [0.15, 0.2) is 17.1 Å². The number of carbonyl (C=O) groups is 3. The maximum atomic E-state index is 13.0. The number of unbranched alkanes of at least 4 members (excludes halogenated alkanes) is 2. The summed E-state index contributed by atoms with van der Waals surface area (Å²) in [5, 5.41) is 7.65. The van der Waals surface area contributed by atoms with E-state index in [2.05, 4.69) is 20.0 Å². The monoisotopic (exact) mass is 499 g/mol. The van der Waals surface area contributed by atoms with Gasteiger partial charge in [0.25, 0.3) is 5.91 Å². The molecule has 0 saturated carbocycles. The largest absolute Gasteiger partial charge is 0.493 e. The number of fused-ring (bicyclic) bond motifs is 2. The number of ether oxygens (including phenoxy) is 4. The van der Waals surface area contributed by atoms with Gasteiger partial charge in [0.1, 0.15) is 0 Å². The SMILES string of the molecule is COC(=O)c1nnn(CCCCCOc2cc3c(cc2OC)C(=O)N2CCC[C@H]2C=N3)c1C(=O)OC. The van der Waals surface area contributed by atoms with Crippen LogP contribution >= 0.6 is 0 Å². The Morgan fingerprint density at radius 3 is 2.61 bits per heavy atom. The van der Waals surface area contributed by atoms with E-state index >= 15 is 0 Å². The van der Waals surface area contributed by atoms with Crippen molar-refractivity contribution in [3.63, 3.8) is 0 Å². The van der Waals surface area contributed by atoms with Crippen molar-refractivity contribution in [3.8, 4) is 11.5 Å². The zero-order chi connectivity index (χ0) is 25.7. The van der Waals surface area contributed by atoms with E-state index in [9.17, 15) is 14.4 Å². The molecule has 4 rings (SSSR count). The van der Waals surface area contributed by atoms with E-state index in [1.165, 1.54) is 26.0 Å². The van der Waals surface area contributed by atoms with Crippen molar-refractivity contribution in [2.24, 2.45) is 4.99 Å². The first-order valence-corrected chi connectivity index (χ1v) is 11.8. The molecule has 1 atom stereocenters. The Balaban J connectivity index is 1.34. The predicted octanol–water partition coefficient (Wildman–Crippen LogP) is 2.43. The Labute approximate surface area is 208 Å². The average Bonchev–Trinajstić information content (AvgIpc) is 3.52.